The lowest BCUT2D eigenvalue weighted by atomic mass is 9.89. The van der Waals surface area contributed by atoms with Gasteiger partial charge in [-0.05, 0) is 55.2 Å². The van der Waals surface area contributed by atoms with Crippen molar-refractivity contribution < 1.29 is 9.18 Å². The van der Waals surface area contributed by atoms with E-state index in [9.17, 15) is 9.18 Å². The molecule has 1 heterocycles. The van der Waals surface area contributed by atoms with Crippen LogP contribution in [0, 0.1) is 12.7 Å². The largest absolute Gasteiger partial charge is 0.326 e. The molecule has 4 rings (SSSR count). The molecule has 1 saturated carbocycles. The fourth-order valence-corrected chi connectivity index (χ4v) is 3.64. The van der Waals surface area contributed by atoms with Crippen molar-refractivity contribution in [3.63, 3.8) is 0 Å². The normalized spacial score (nSPS) is 14.9. The van der Waals surface area contributed by atoms with Crippen LogP contribution >= 0.6 is 0 Å². The number of amides is 1. The van der Waals surface area contributed by atoms with Crippen LogP contribution in [-0.2, 0) is 10.2 Å². The van der Waals surface area contributed by atoms with Gasteiger partial charge in [0.2, 0.25) is 5.91 Å². The number of rotatable bonds is 4. The molecule has 1 fully saturated rings. The Bertz CT molecular complexity index is 954. The van der Waals surface area contributed by atoms with E-state index >= 15 is 0 Å². The van der Waals surface area contributed by atoms with Gasteiger partial charge in [-0.1, -0.05) is 24.3 Å². The molecule has 1 amide bonds. The number of anilines is 1. The first-order valence-corrected chi connectivity index (χ1v) is 8.69. The summed E-state index contributed by atoms with van der Waals surface area (Å²) in [6, 6.07) is 14.4. The molecule has 4 nitrogen and oxygen atoms in total. The topological polar surface area (TPSA) is 57.8 Å². The maximum atomic E-state index is 13.3. The molecule has 0 bridgehead atoms. The minimum absolute atomic E-state index is 0.0842. The number of aromatic nitrogens is 2. The van der Waals surface area contributed by atoms with Crippen LogP contribution in [-0.4, -0.2) is 16.1 Å². The van der Waals surface area contributed by atoms with E-state index in [-0.39, 0.29) is 17.1 Å². The van der Waals surface area contributed by atoms with E-state index < -0.39 is 0 Å². The Morgan fingerprint density at radius 2 is 1.77 bits per heavy atom. The minimum atomic E-state index is -0.217. The van der Waals surface area contributed by atoms with Gasteiger partial charge in [0.25, 0.3) is 0 Å². The lowest BCUT2D eigenvalue weighted by Gasteiger charge is -2.15. The van der Waals surface area contributed by atoms with Crippen molar-refractivity contribution in [2.24, 2.45) is 0 Å². The van der Waals surface area contributed by atoms with E-state index in [1.807, 2.05) is 36.4 Å². The molecular formula is C21H20FN3O. The van der Waals surface area contributed by atoms with Gasteiger partial charge in [0.1, 0.15) is 5.82 Å². The SMILES string of the molecule is CC(=O)Nc1ccc(-c2n[nH]c(C3(c4ccc(F)cc4)CC3)c2C)cc1. The first-order valence-electron chi connectivity index (χ1n) is 8.69. The van der Waals surface area contributed by atoms with Crippen molar-refractivity contribution in [2.75, 3.05) is 5.32 Å². The number of carbonyl (C=O) groups is 1. The highest BCUT2D eigenvalue weighted by Gasteiger charge is 2.48. The quantitative estimate of drug-likeness (QED) is 0.725. The molecule has 26 heavy (non-hydrogen) atoms. The summed E-state index contributed by atoms with van der Waals surface area (Å²) in [6.45, 7) is 3.56. The van der Waals surface area contributed by atoms with Crippen molar-refractivity contribution in [2.45, 2.75) is 32.1 Å². The van der Waals surface area contributed by atoms with Gasteiger partial charge in [-0.2, -0.15) is 5.10 Å². The Morgan fingerprint density at radius 3 is 2.35 bits per heavy atom. The van der Waals surface area contributed by atoms with Crippen LogP contribution in [0.1, 0.15) is 36.6 Å². The van der Waals surface area contributed by atoms with E-state index in [0.717, 1.165) is 46.6 Å². The number of aromatic amines is 1. The van der Waals surface area contributed by atoms with Crippen LogP contribution in [0.15, 0.2) is 48.5 Å². The third-order valence-corrected chi connectivity index (χ3v) is 5.11. The molecule has 0 atom stereocenters. The first kappa shape index (κ1) is 16.5. The summed E-state index contributed by atoms with van der Waals surface area (Å²) < 4.78 is 13.3. The Morgan fingerprint density at radius 1 is 1.12 bits per heavy atom. The number of hydrogen-bond donors (Lipinski definition) is 2. The standard InChI is InChI=1S/C21H20FN3O/c1-13-19(15-3-9-18(10-4-15)23-14(2)26)24-25-20(13)21(11-12-21)16-5-7-17(22)8-6-16/h3-10H,11-12H2,1-2H3,(H,23,26)(H,24,25). The number of benzene rings is 2. The third kappa shape index (κ3) is 2.79. The van der Waals surface area contributed by atoms with Crippen LogP contribution in [0.3, 0.4) is 0 Å². The molecule has 0 aliphatic heterocycles. The highest BCUT2D eigenvalue weighted by molar-refractivity contribution is 5.89. The van der Waals surface area contributed by atoms with Crippen molar-refractivity contribution in [1.82, 2.24) is 10.2 Å². The van der Waals surface area contributed by atoms with Crippen molar-refractivity contribution in [3.8, 4) is 11.3 Å². The van der Waals surface area contributed by atoms with Crippen molar-refractivity contribution in [3.05, 3.63) is 71.2 Å². The highest BCUT2D eigenvalue weighted by atomic mass is 19.1. The second kappa shape index (κ2) is 6.09. The zero-order valence-corrected chi connectivity index (χ0v) is 14.8. The predicted octanol–water partition coefficient (Wildman–Crippen LogP) is 4.56. The van der Waals surface area contributed by atoms with Crippen molar-refractivity contribution >= 4 is 11.6 Å². The van der Waals surface area contributed by atoms with Crippen LogP contribution in [0.5, 0.6) is 0 Å². The zero-order valence-electron chi connectivity index (χ0n) is 14.8. The van der Waals surface area contributed by atoms with E-state index in [0.29, 0.717) is 0 Å². The molecule has 132 valence electrons. The average molecular weight is 349 g/mol. The predicted molar refractivity (Wildman–Crippen MR) is 99.5 cm³/mol. The van der Waals surface area contributed by atoms with Crippen LogP contribution < -0.4 is 5.32 Å². The molecule has 0 unspecified atom stereocenters. The van der Waals surface area contributed by atoms with E-state index in [4.69, 9.17) is 0 Å². The molecular weight excluding hydrogens is 329 g/mol. The molecule has 1 aliphatic carbocycles. The summed E-state index contributed by atoms with van der Waals surface area (Å²) in [5, 5.41) is 10.5. The van der Waals surface area contributed by atoms with Crippen LogP contribution in [0.4, 0.5) is 10.1 Å². The second-order valence-corrected chi connectivity index (χ2v) is 6.92. The molecule has 2 N–H and O–H groups in total. The Hall–Kier alpha value is -2.95. The maximum Gasteiger partial charge on any atom is 0.221 e. The third-order valence-electron chi connectivity index (χ3n) is 5.11. The molecule has 3 aromatic rings. The number of nitrogens with zero attached hydrogens (tertiary/aromatic N) is 1. The lowest BCUT2D eigenvalue weighted by Crippen LogP contribution is -2.10. The number of H-pyrrole nitrogens is 1. The van der Waals surface area contributed by atoms with Gasteiger partial charge in [-0.15, -0.1) is 0 Å². The van der Waals surface area contributed by atoms with Crippen LogP contribution in [0.25, 0.3) is 11.3 Å². The molecule has 1 aromatic heterocycles. The number of carbonyl (C=O) groups excluding carboxylic acids is 1. The Labute approximate surface area is 151 Å². The summed E-state index contributed by atoms with van der Waals surface area (Å²) >= 11 is 0. The van der Waals surface area contributed by atoms with Gasteiger partial charge in [-0.3, -0.25) is 9.89 Å². The highest BCUT2D eigenvalue weighted by Crippen LogP contribution is 2.54. The molecule has 0 saturated heterocycles. The summed E-state index contributed by atoms with van der Waals surface area (Å²) in [5.41, 5.74) is 5.91. The first-order chi connectivity index (χ1) is 12.5. The number of hydrogen-bond acceptors (Lipinski definition) is 2. The van der Waals surface area contributed by atoms with Gasteiger partial charge < -0.3 is 5.32 Å². The summed E-state index contributed by atoms with van der Waals surface area (Å²) in [7, 11) is 0. The minimum Gasteiger partial charge on any atom is -0.326 e. The molecule has 0 radical (unpaired) electrons. The number of nitrogens with one attached hydrogen (secondary N) is 2. The summed E-state index contributed by atoms with van der Waals surface area (Å²) in [6.07, 6.45) is 2.06. The molecule has 5 heteroatoms. The van der Waals surface area contributed by atoms with E-state index in [2.05, 4.69) is 22.4 Å². The van der Waals surface area contributed by atoms with Gasteiger partial charge in [0.15, 0.2) is 0 Å². The van der Waals surface area contributed by atoms with E-state index in [1.54, 1.807) is 0 Å². The van der Waals surface area contributed by atoms with Gasteiger partial charge >= 0.3 is 0 Å². The number of halogens is 1. The summed E-state index contributed by atoms with van der Waals surface area (Å²) in [4.78, 5) is 11.1. The fourth-order valence-electron chi connectivity index (χ4n) is 3.64. The fraction of sp³-hybridized carbons (Fsp3) is 0.238. The maximum absolute atomic E-state index is 13.3. The molecule has 1 aliphatic rings. The summed E-state index contributed by atoms with van der Waals surface area (Å²) in [5.74, 6) is -0.309. The molecule has 2 aromatic carbocycles. The monoisotopic (exact) mass is 349 g/mol. The Balaban J connectivity index is 1.66. The average Bonchev–Trinajstić information content (AvgIpc) is 3.32. The van der Waals surface area contributed by atoms with E-state index in [1.165, 1.54) is 19.1 Å². The second-order valence-electron chi connectivity index (χ2n) is 6.92. The van der Waals surface area contributed by atoms with Crippen molar-refractivity contribution in [1.29, 1.82) is 0 Å². The lowest BCUT2D eigenvalue weighted by molar-refractivity contribution is -0.114. The van der Waals surface area contributed by atoms with Gasteiger partial charge in [0.05, 0.1) is 5.69 Å². The van der Waals surface area contributed by atoms with Gasteiger partial charge in [0, 0.05) is 29.3 Å². The zero-order chi connectivity index (χ0) is 18.3. The van der Waals surface area contributed by atoms with Crippen LogP contribution in [0.2, 0.25) is 0 Å². The van der Waals surface area contributed by atoms with Gasteiger partial charge in [-0.25, -0.2) is 4.39 Å². The molecule has 0 spiro atoms. The smallest absolute Gasteiger partial charge is 0.221 e. The Kier molecular flexibility index (Phi) is 3.87.